The molecule has 1 aliphatic rings. The van der Waals surface area contributed by atoms with E-state index >= 15 is 0 Å². The first-order chi connectivity index (χ1) is 17.8. The first-order valence-corrected chi connectivity index (χ1v) is 12.6. The van der Waals surface area contributed by atoms with Crippen LogP contribution in [0.3, 0.4) is 0 Å². The van der Waals surface area contributed by atoms with Crippen molar-refractivity contribution in [2.45, 2.75) is 58.0 Å². The fourth-order valence-electron chi connectivity index (χ4n) is 4.30. The summed E-state index contributed by atoms with van der Waals surface area (Å²) < 4.78 is 37.2. The second kappa shape index (κ2) is 11.6. The number of halogens is 1. The number of hydrogen-bond donors (Lipinski definition) is 1. The molecule has 0 saturated heterocycles. The Kier molecular flexibility index (Phi) is 8.34. The monoisotopic (exact) mass is 507 g/mol. The zero-order valence-electron chi connectivity index (χ0n) is 21.8. The molecule has 0 aromatic heterocycles. The van der Waals surface area contributed by atoms with E-state index in [1.54, 1.807) is 43.5 Å². The molecule has 37 heavy (non-hydrogen) atoms. The third kappa shape index (κ3) is 6.41. The Morgan fingerprint density at radius 2 is 1.78 bits per heavy atom. The second-order valence-electron chi connectivity index (χ2n) is 9.64. The van der Waals surface area contributed by atoms with Gasteiger partial charge in [-0.05, 0) is 80.4 Å². The Morgan fingerprint density at radius 1 is 1.05 bits per heavy atom. The van der Waals surface area contributed by atoms with Crippen molar-refractivity contribution in [3.05, 3.63) is 89.2 Å². The first kappa shape index (κ1) is 26.5. The molecule has 1 N–H and O–H groups in total. The quantitative estimate of drug-likeness (QED) is 0.243. The van der Waals surface area contributed by atoms with Crippen molar-refractivity contribution in [3.8, 4) is 11.5 Å². The predicted octanol–water partition coefficient (Wildman–Crippen LogP) is 6.70. The molecule has 1 heterocycles. The van der Waals surface area contributed by atoms with Crippen molar-refractivity contribution in [2.24, 2.45) is 0 Å². The summed E-state index contributed by atoms with van der Waals surface area (Å²) in [5, 5.41) is 3.38. The highest BCUT2D eigenvalue weighted by molar-refractivity contribution is 5.89. The van der Waals surface area contributed by atoms with Crippen molar-refractivity contribution in [1.29, 1.82) is 0 Å². The van der Waals surface area contributed by atoms with Crippen LogP contribution in [0.15, 0.2) is 66.7 Å². The third-order valence-corrected chi connectivity index (χ3v) is 6.41. The number of ether oxygens (including phenoxy) is 4. The van der Waals surface area contributed by atoms with E-state index in [2.05, 4.69) is 12.2 Å². The predicted molar refractivity (Wildman–Crippen MR) is 141 cm³/mol. The molecule has 3 aromatic rings. The SMILES string of the molecule is CCCCOC1c2cc(NCc3ccc(F)cc3)ccc2OC(C)(C)C1OC(=O)c1ccc(OC)cc1. The Hall–Kier alpha value is -3.58. The van der Waals surface area contributed by atoms with Gasteiger partial charge in [0.05, 0.1) is 12.7 Å². The third-order valence-electron chi connectivity index (χ3n) is 6.41. The summed E-state index contributed by atoms with van der Waals surface area (Å²) in [4.78, 5) is 13.1. The number of esters is 1. The van der Waals surface area contributed by atoms with Gasteiger partial charge < -0.3 is 24.3 Å². The van der Waals surface area contributed by atoms with Gasteiger partial charge in [0.2, 0.25) is 0 Å². The lowest BCUT2D eigenvalue weighted by atomic mass is 9.87. The van der Waals surface area contributed by atoms with Crippen LogP contribution in [0.25, 0.3) is 0 Å². The van der Waals surface area contributed by atoms with Gasteiger partial charge in [0.1, 0.15) is 29.0 Å². The van der Waals surface area contributed by atoms with Crippen LogP contribution in [0.2, 0.25) is 0 Å². The zero-order chi connectivity index (χ0) is 26.4. The maximum absolute atomic E-state index is 13.3. The summed E-state index contributed by atoms with van der Waals surface area (Å²) in [6.07, 6.45) is 0.669. The van der Waals surface area contributed by atoms with E-state index in [1.165, 1.54) is 12.1 Å². The van der Waals surface area contributed by atoms with Crippen molar-refractivity contribution >= 4 is 11.7 Å². The number of benzene rings is 3. The summed E-state index contributed by atoms with van der Waals surface area (Å²) in [5.41, 5.74) is 2.22. The van der Waals surface area contributed by atoms with E-state index in [-0.39, 0.29) is 5.82 Å². The topological polar surface area (TPSA) is 66.0 Å². The average Bonchev–Trinajstić information content (AvgIpc) is 2.90. The number of carbonyl (C=O) groups is 1. The van der Waals surface area contributed by atoms with Crippen molar-refractivity contribution in [2.75, 3.05) is 19.0 Å². The van der Waals surface area contributed by atoms with Crippen LogP contribution in [0.5, 0.6) is 11.5 Å². The van der Waals surface area contributed by atoms with E-state index in [4.69, 9.17) is 18.9 Å². The van der Waals surface area contributed by atoms with E-state index in [9.17, 15) is 9.18 Å². The number of unbranched alkanes of at least 4 members (excludes halogenated alkanes) is 1. The van der Waals surface area contributed by atoms with Gasteiger partial charge in [-0.25, -0.2) is 9.18 Å². The number of anilines is 1. The molecule has 196 valence electrons. The van der Waals surface area contributed by atoms with Gasteiger partial charge in [-0.15, -0.1) is 0 Å². The van der Waals surface area contributed by atoms with Crippen molar-refractivity contribution in [1.82, 2.24) is 0 Å². The maximum Gasteiger partial charge on any atom is 0.338 e. The minimum Gasteiger partial charge on any atom is -0.497 e. The van der Waals surface area contributed by atoms with Gasteiger partial charge in [0.25, 0.3) is 0 Å². The standard InChI is InChI=1S/C30H34FNO5/c1-5-6-17-35-27-25-18-23(32-19-20-7-11-22(31)12-8-20)13-16-26(25)37-30(2,3)28(27)36-29(33)21-9-14-24(34-4)15-10-21/h7-16,18,27-28,32H,5-6,17,19H2,1-4H3. The van der Waals surface area contributed by atoms with Crippen LogP contribution in [0.1, 0.15) is 61.2 Å². The van der Waals surface area contributed by atoms with Crippen LogP contribution in [0.4, 0.5) is 10.1 Å². The Labute approximate surface area is 217 Å². The molecule has 0 radical (unpaired) electrons. The van der Waals surface area contributed by atoms with Crippen molar-refractivity contribution < 1.29 is 28.1 Å². The smallest absolute Gasteiger partial charge is 0.338 e. The molecule has 0 aliphatic carbocycles. The second-order valence-corrected chi connectivity index (χ2v) is 9.64. The van der Waals surface area contributed by atoms with Crippen LogP contribution in [0, 0.1) is 5.82 Å². The molecule has 0 amide bonds. The molecule has 0 saturated carbocycles. The number of rotatable bonds is 10. The highest BCUT2D eigenvalue weighted by Crippen LogP contribution is 2.44. The van der Waals surface area contributed by atoms with E-state index in [0.29, 0.717) is 30.2 Å². The minimum absolute atomic E-state index is 0.264. The lowest BCUT2D eigenvalue weighted by molar-refractivity contribution is -0.140. The lowest BCUT2D eigenvalue weighted by Crippen LogP contribution is -2.51. The average molecular weight is 508 g/mol. The highest BCUT2D eigenvalue weighted by atomic mass is 19.1. The van der Waals surface area contributed by atoms with E-state index < -0.39 is 23.8 Å². The molecule has 4 rings (SSSR count). The van der Waals surface area contributed by atoms with Gasteiger partial charge in [-0.1, -0.05) is 25.5 Å². The Bertz CT molecular complexity index is 1190. The Balaban J connectivity index is 1.59. The molecule has 2 unspecified atom stereocenters. The number of methoxy groups -OCH3 is 1. The number of carbonyl (C=O) groups excluding carboxylic acids is 1. The van der Waals surface area contributed by atoms with Gasteiger partial charge in [-0.2, -0.15) is 0 Å². The largest absolute Gasteiger partial charge is 0.497 e. The number of nitrogens with one attached hydrogen (secondary N) is 1. The molecule has 3 aromatic carbocycles. The molecule has 0 spiro atoms. The Morgan fingerprint density at radius 3 is 2.46 bits per heavy atom. The summed E-state index contributed by atoms with van der Waals surface area (Å²) in [5.74, 6) is 0.630. The summed E-state index contributed by atoms with van der Waals surface area (Å²) in [6.45, 7) is 6.96. The minimum atomic E-state index is -0.824. The highest BCUT2D eigenvalue weighted by Gasteiger charge is 2.47. The molecule has 0 bridgehead atoms. The fourth-order valence-corrected chi connectivity index (χ4v) is 4.30. The van der Waals surface area contributed by atoms with Gasteiger partial charge in [0, 0.05) is 24.4 Å². The van der Waals surface area contributed by atoms with Crippen LogP contribution in [-0.4, -0.2) is 31.4 Å². The molecule has 7 heteroatoms. The molecular weight excluding hydrogens is 473 g/mol. The molecule has 0 fully saturated rings. The fraction of sp³-hybridized carbons (Fsp3) is 0.367. The summed E-state index contributed by atoms with van der Waals surface area (Å²) in [7, 11) is 1.58. The van der Waals surface area contributed by atoms with E-state index in [0.717, 1.165) is 29.7 Å². The lowest BCUT2D eigenvalue weighted by Gasteiger charge is -2.43. The van der Waals surface area contributed by atoms with E-state index in [1.807, 2.05) is 32.0 Å². The zero-order valence-corrected chi connectivity index (χ0v) is 21.8. The summed E-state index contributed by atoms with van der Waals surface area (Å²) in [6, 6.07) is 19.0. The molecule has 1 aliphatic heterocycles. The first-order valence-electron chi connectivity index (χ1n) is 12.6. The molecule has 2 atom stereocenters. The molecular formula is C30H34FNO5. The van der Waals surface area contributed by atoms with Gasteiger partial charge in [-0.3, -0.25) is 0 Å². The van der Waals surface area contributed by atoms with Gasteiger partial charge in [0.15, 0.2) is 6.10 Å². The maximum atomic E-state index is 13.3. The van der Waals surface area contributed by atoms with Crippen LogP contribution < -0.4 is 14.8 Å². The summed E-state index contributed by atoms with van der Waals surface area (Å²) >= 11 is 0. The normalized spacial score (nSPS) is 17.9. The number of fused-ring (bicyclic) bond motifs is 1. The molecule has 6 nitrogen and oxygen atoms in total. The van der Waals surface area contributed by atoms with Crippen LogP contribution in [-0.2, 0) is 16.0 Å². The number of hydrogen-bond acceptors (Lipinski definition) is 6. The van der Waals surface area contributed by atoms with Crippen LogP contribution >= 0.6 is 0 Å². The van der Waals surface area contributed by atoms with Crippen molar-refractivity contribution in [3.63, 3.8) is 0 Å². The van der Waals surface area contributed by atoms with Gasteiger partial charge >= 0.3 is 5.97 Å².